The molecule has 8 heteroatoms. The third-order valence-corrected chi connectivity index (χ3v) is 5.05. The molecule has 0 aliphatic carbocycles. The monoisotopic (exact) mass is 398 g/mol. The average Bonchev–Trinajstić information content (AvgIpc) is 3.21. The fraction of sp³-hybridized carbons (Fsp3) is 0.136. The maximum Gasteiger partial charge on any atom is 0.350 e. The van der Waals surface area contributed by atoms with Crippen LogP contribution in [0.4, 0.5) is 0 Å². The topological polar surface area (TPSA) is 98.7 Å². The van der Waals surface area contributed by atoms with Crippen molar-refractivity contribution in [2.24, 2.45) is 0 Å². The van der Waals surface area contributed by atoms with Gasteiger partial charge in [0.15, 0.2) is 11.5 Å². The van der Waals surface area contributed by atoms with Crippen molar-refractivity contribution < 1.29 is 5.11 Å². The standard InChI is InChI=1S/C22H18N6O2/c1-14-2-4-16(5-3-14)11-28-21-19(26-22(28)30)18-20(23-12-24-21)27(13-25-18)10-15-6-8-17(29)9-7-15/h2-9,12-13,29H,10-11H2,1H3. The van der Waals surface area contributed by atoms with Crippen LogP contribution in [-0.2, 0) is 13.1 Å². The van der Waals surface area contributed by atoms with Crippen LogP contribution in [0.2, 0.25) is 0 Å². The number of nitrogens with zero attached hydrogens (tertiary/aromatic N) is 6. The predicted molar refractivity (Wildman–Crippen MR) is 111 cm³/mol. The molecule has 0 bridgehead atoms. The molecule has 2 aromatic carbocycles. The van der Waals surface area contributed by atoms with Gasteiger partial charge in [-0.3, -0.25) is 4.57 Å². The summed E-state index contributed by atoms with van der Waals surface area (Å²) in [5, 5.41) is 9.47. The van der Waals surface area contributed by atoms with Gasteiger partial charge in [0.05, 0.1) is 19.4 Å². The van der Waals surface area contributed by atoms with E-state index >= 15 is 0 Å². The van der Waals surface area contributed by atoms with Gasteiger partial charge in [0.25, 0.3) is 0 Å². The third kappa shape index (κ3) is 3.18. The van der Waals surface area contributed by atoms with Gasteiger partial charge in [-0.2, -0.15) is 4.98 Å². The minimum Gasteiger partial charge on any atom is -0.508 e. The number of aromatic hydroxyl groups is 1. The van der Waals surface area contributed by atoms with Crippen LogP contribution >= 0.6 is 0 Å². The van der Waals surface area contributed by atoms with Crippen molar-refractivity contribution in [2.75, 3.05) is 0 Å². The first kappa shape index (κ1) is 18.0. The highest BCUT2D eigenvalue weighted by molar-refractivity contribution is 5.85. The van der Waals surface area contributed by atoms with Crippen LogP contribution in [0, 0.1) is 6.92 Å². The van der Waals surface area contributed by atoms with Gasteiger partial charge in [-0.25, -0.2) is 19.7 Å². The summed E-state index contributed by atoms with van der Waals surface area (Å²) in [4.78, 5) is 30.1. The number of benzene rings is 2. The molecule has 0 saturated heterocycles. The van der Waals surface area contributed by atoms with Gasteiger partial charge in [0.2, 0.25) is 0 Å². The van der Waals surface area contributed by atoms with Gasteiger partial charge >= 0.3 is 5.69 Å². The summed E-state index contributed by atoms with van der Waals surface area (Å²) < 4.78 is 3.41. The number of fused-ring (bicyclic) bond motifs is 3. The summed E-state index contributed by atoms with van der Waals surface area (Å²) in [6, 6.07) is 15.0. The fourth-order valence-electron chi connectivity index (χ4n) is 3.46. The minimum atomic E-state index is -0.362. The van der Waals surface area contributed by atoms with Crippen molar-refractivity contribution in [2.45, 2.75) is 20.0 Å². The first-order chi connectivity index (χ1) is 14.6. The molecule has 3 aromatic rings. The van der Waals surface area contributed by atoms with E-state index in [1.807, 2.05) is 47.9 Å². The maximum absolute atomic E-state index is 12.6. The minimum absolute atomic E-state index is 0.215. The van der Waals surface area contributed by atoms with E-state index in [0.29, 0.717) is 35.8 Å². The number of rotatable bonds is 4. The molecule has 2 aliphatic heterocycles. The Labute approximate surface area is 171 Å². The normalized spacial score (nSPS) is 11.4. The summed E-state index contributed by atoms with van der Waals surface area (Å²) in [7, 11) is 0. The zero-order valence-corrected chi connectivity index (χ0v) is 16.2. The Bertz CT molecular complexity index is 1370. The second kappa shape index (κ2) is 7.07. The SMILES string of the molecule is Cc1ccc(Cn2c3ncnc4c(ncn4Cc4ccc(O)cc4)c-3nc2=O)cc1. The van der Waals surface area contributed by atoms with E-state index in [9.17, 15) is 9.90 Å². The van der Waals surface area contributed by atoms with Crippen LogP contribution in [0.25, 0.3) is 22.7 Å². The molecule has 0 unspecified atom stereocenters. The van der Waals surface area contributed by atoms with E-state index in [1.165, 1.54) is 6.33 Å². The molecular formula is C22H18N6O2. The number of aryl methyl sites for hydroxylation is 1. The van der Waals surface area contributed by atoms with Gasteiger partial charge in [-0.05, 0) is 30.2 Å². The Morgan fingerprint density at radius 1 is 0.900 bits per heavy atom. The highest BCUT2D eigenvalue weighted by Gasteiger charge is 2.21. The maximum atomic E-state index is 12.6. The van der Waals surface area contributed by atoms with Crippen LogP contribution in [0.5, 0.6) is 5.75 Å². The molecule has 1 aromatic heterocycles. The third-order valence-electron chi connectivity index (χ3n) is 5.05. The molecule has 0 radical (unpaired) electrons. The van der Waals surface area contributed by atoms with E-state index in [2.05, 4.69) is 19.9 Å². The highest BCUT2D eigenvalue weighted by Crippen LogP contribution is 2.24. The van der Waals surface area contributed by atoms with Crippen molar-refractivity contribution in [3.05, 3.63) is 88.4 Å². The lowest BCUT2D eigenvalue weighted by Crippen LogP contribution is -2.17. The Morgan fingerprint density at radius 2 is 1.60 bits per heavy atom. The van der Waals surface area contributed by atoms with Crippen LogP contribution in [0.3, 0.4) is 0 Å². The van der Waals surface area contributed by atoms with E-state index in [1.54, 1.807) is 23.0 Å². The van der Waals surface area contributed by atoms with E-state index < -0.39 is 0 Å². The summed E-state index contributed by atoms with van der Waals surface area (Å²) in [6.07, 6.45) is 3.11. The molecule has 8 nitrogen and oxygen atoms in total. The molecule has 1 N–H and O–H groups in total. The van der Waals surface area contributed by atoms with Crippen molar-refractivity contribution in [1.29, 1.82) is 0 Å². The number of imidazole rings is 2. The zero-order chi connectivity index (χ0) is 20.7. The largest absolute Gasteiger partial charge is 0.508 e. The lowest BCUT2D eigenvalue weighted by Gasteiger charge is -2.04. The second-order valence-electron chi connectivity index (χ2n) is 7.22. The Kier molecular flexibility index (Phi) is 4.24. The molecule has 0 atom stereocenters. The van der Waals surface area contributed by atoms with E-state index in [-0.39, 0.29) is 11.4 Å². The summed E-state index contributed by atoms with van der Waals surface area (Å²) in [5.74, 6) is 0.671. The van der Waals surface area contributed by atoms with Gasteiger partial charge < -0.3 is 9.67 Å². The molecule has 3 heterocycles. The number of hydrogen-bond acceptors (Lipinski definition) is 6. The van der Waals surface area contributed by atoms with Crippen LogP contribution in [-0.4, -0.2) is 34.2 Å². The van der Waals surface area contributed by atoms with Crippen molar-refractivity contribution >= 4 is 11.2 Å². The summed E-state index contributed by atoms with van der Waals surface area (Å²) >= 11 is 0. The molecule has 5 rings (SSSR count). The molecule has 0 fully saturated rings. The van der Waals surface area contributed by atoms with Crippen molar-refractivity contribution in [1.82, 2.24) is 29.1 Å². The molecular weight excluding hydrogens is 380 g/mol. The molecule has 0 amide bonds. The molecule has 0 spiro atoms. The second-order valence-corrected chi connectivity index (χ2v) is 7.22. The van der Waals surface area contributed by atoms with Crippen molar-refractivity contribution in [3.8, 4) is 17.3 Å². The Hall–Kier alpha value is -4.07. The van der Waals surface area contributed by atoms with E-state index in [4.69, 9.17) is 0 Å². The molecule has 30 heavy (non-hydrogen) atoms. The highest BCUT2D eigenvalue weighted by atomic mass is 16.3. The summed E-state index contributed by atoms with van der Waals surface area (Å²) in [6.45, 7) is 2.92. The summed E-state index contributed by atoms with van der Waals surface area (Å²) in [5.41, 5.74) is 4.33. The fourth-order valence-corrected chi connectivity index (χ4v) is 3.46. The van der Waals surface area contributed by atoms with Crippen LogP contribution in [0.15, 0.2) is 66.0 Å². The Morgan fingerprint density at radius 3 is 2.37 bits per heavy atom. The predicted octanol–water partition coefficient (Wildman–Crippen LogP) is 2.60. The van der Waals surface area contributed by atoms with Gasteiger partial charge in [-0.15, -0.1) is 0 Å². The van der Waals surface area contributed by atoms with Gasteiger partial charge in [0.1, 0.15) is 23.3 Å². The van der Waals surface area contributed by atoms with Gasteiger partial charge in [0, 0.05) is 0 Å². The smallest absolute Gasteiger partial charge is 0.350 e. The number of phenols is 1. The first-order valence-corrected chi connectivity index (χ1v) is 9.48. The van der Waals surface area contributed by atoms with Crippen molar-refractivity contribution in [3.63, 3.8) is 0 Å². The van der Waals surface area contributed by atoms with Crippen LogP contribution < -0.4 is 5.69 Å². The lowest BCUT2D eigenvalue weighted by atomic mass is 10.1. The number of hydrogen-bond donors (Lipinski definition) is 1. The van der Waals surface area contributed by atoms with E-state index in [0.717, 1.165) is 16.7 Å². The quantitative estimate of drug-likeness (QED) is 0.500. The zero-order valence-electron chi connectivity index (χ0n) is 16.2. The number of aromatic nitrogens is 6. The van der Waals surface area contributed by atoms with Gasteiger partial charge in [-0.1, -0.05) is 42.0 Å². The molecule has 148 valence electrons. The number of phenolic OH excluding ortho intramolecular Hbond substituents is 1. The first-order valence-electron chi connectivity index (χ1n) is 9.48. The van der Waals surface area contributed by atoms with Crippen LogP contribution in [0.1, 0.15) is 16.7 Å². The Balaban J connectivity index is 1.56. The lowest BCUT2D eigenvalue weighted by molar-refractivity contribution is 0.475. The molecule has 2 aliphatic rings. The average molecular weight is 398 g/mol. The molecule has 0 saturated carbocycles.